The molecule has 0 spiro atoms. The maximum atomic E-state index is 5.02. The first-order chi connectivity index (χ1) is 10.2. The summed E-state index contributed by atoms with van der Waals surface area (Å²) in [6.45, 7) is 7.14. The number of hydrogen-bond donors (Lipinski definition) is 1. The van der Waals surface area contributed by atoms with Crippen molar-refractivity contribution < 1.29 is 0 Å². The van der Waals surface area contributed by atoms with E-state index in [0.29, 0.717) is 6.04 Å². The Labute approximate surface area is 133 Å². The van der Waals surface area contributed by atoms with Crippen LogP contribution >= 0.6 is 11.3 Å². The molecule has 118 valence electrons. The minimum Gasteiger partial charge on any atom is -0.348 e. The lowest BCUT2D eigenvalue weighted by Crippen LogP contribution is -2.25. The van der Waals surface area contributed by atoms with Crippen LogP contribution in [0.25, 0.3) is 0 Å². The van der Waals surface area contributed by atoms with E-state index >= 15 is 0 Å². The van der Waals surface area contributed by atoms with Gasteiger partial charge < -0.3 is 10.2 Å². The molecule has 1 aliphatic heterocycles. The van der Waals surface area contributed by atoms with Gasteiger partial charge in [0.2, 0.25) is 0 Å². The van der Waals surface area contributed by atoms with Crippen LogP contribution in [0.15, 0.2) is 0 Å². The zero-order chi connectivity index (χ0) is 14.8. The molecular weight excluding hydrogens is 278 g/mol. The second kappa shape index (κ2) is 6.66. The highest BCUT2D eigenvalue weighted by Crippen LogP contribution is 2.37. The highest BCUT2D eigenvalue weighted by Gasteiger charge is 2.26. The zero-order valence-corrected chi connectivity index (χ0v) is 14.5. The second-order valence-corrected chi connectivity index (χ2v) is 8.02. The Morgan fingerprint density at radius 2 is 2.05 bits per heavy atom. The molecule has 0 radical (unpaired) electrons. The van der Waals surface area contributed by atoms with Crippen LogP contribution in [-0.4, -0.2) is 25.1 Å². The lowest BCUT2D eigenvalue weighted by molar-refractivity contribution is 0.351. The van der Waals surface area contributed by atoms with Crippen molar-refractivity contribution >= 4 is 16.5 Å². The van der Waals surface area contributed by atoms with E-state index in [1.807, 2.05) is 11.3 Å². The summed E-state index contributed by atoms with van der Waals surface area (Å²) in [5.74, 6) is 1.72. The molecule has 3 rings (SSSR count). The van der Waals surface area contributed by atoms with E-state index in [4.69, 9.17) is 4.98 Å². The lowest BCUT2D eigenvalue weighted by atomic mass is 9.89. The molecule has 0 amide bonds. The molecule has 0 saturated carbocycles. The first-order valence-electron chi connectivity index (χ1n) is 8.61. The average molecular weight is 308 g/mol. The van der Waals surface area contributed by atoms with E-state index in [-0.39, 0.29) is 0 Å². The van der Waals surface area contributed by atoms with Crippen LogP contribution in [-0.2, 0) is 6.42 Å². The van der Waals surface area contributed by atoms with E-state index in [1.54, 1.807) is 0 Å². The molecule has 1 aromatic heterocycles. The molecule has 2 unspecified atom stereocenters. The van der Waals surface area contributed by atoms with E-state index < -0.39 is 0 Å². The number of rotatable bonds is 3. The SMILES string of the molecule is CNC1CCCc2sc(N3CCCC(C(C)C)CC3)nc21. The molecule has 1 saturated heterocycles. The van der Waals surface area contributed by atoms with Crippen molar-refractivity contribution in [2.24, 2.45) is 11.8 Å². The van der Waals surface area contributed by atoms with Crippen LogP contribution in [0.2, 0.25) is 0 Å². The monoisotopic (exact) mass is 307 g/mol. The molecule has 2 heterocycles. The first-order valence-corrected chi connectivity index (χ1v) is 9.42. The standard InChI is InChI=1S/C17H29N3S/c1-12(2)13-6-5-10-20(11-9-13)17-19-16-14(18-3)7-4-8-15(16)21-17/h12-14,18H,4-11H2,1-3H3. The second-order valence-electron chi connectivity index (χ2n) is 6.96. The van der Waals surface area contributed by atoms with Gasteiger partial charge in [0.1, 0.15) is 0 Å². The molecule has 1 N–H and O–H groups in total. The summed E-state index contributed by atoms with van der Waals surface area (Å²) in [5, 5.41) is 4.72. The summed E-state index contributed by atoms with van der Waals surface area (Å²) in [6.07, 6.45) is 7.81. The fraction of sp³-hybridized carbons (Fsp3) is 0.824. The van der Waals surface area contributed by atoms with Gasteiger partial charge in [-0.2, -0.15) is 0 Å². The van der Waals surface area contributed by atoms with Crippen molar-refractivity contribution in [1.29, 1.82) is 0 Å². The van der Waals surface area contributed by atoms with Gasteiger partial charge in [-0.1, -0.05) is 13.8 Å². The summed E-state index contributed by atoms with van der Waals surface area (Å²) >= 11 is 1.95. The number of nitrogens with one attached hydrogen (secondary N) is 1. The van der Waals surface area contributed by atoms with Gasteiger partial charge in [-0.25, -0.2) is 4.98 Å². The predicted octanol–water partition coefficient (Wildman–Crippen LogP) is 4.00. The Bertz CT molecular complexity index is 469. The molecule has 21 heavy (non-hydrogen) atoms. The average Bonchev–Trinajstić information content (AvgIpc) is 2.76. The third-order valence-corrected chi connectivity index (χ3v) is 6.47. The number of fused-ring (bicyclic) bond motifs is 1. The van der Waals surface area contributed by atoms with Crippen LogP contribution < -0.4 is 10.2 Å². The molecule has 1 aromatic rings. The Kier molecular flexibility index (Phi) is 4.85. The molecule has 2 atom stereocenters. The summed E-state index contributed by atoms with van der Waals surface area (Å²) in [7, 11) is 2.07. The van der Waals surface area contributed by atoms with Gasteiger partial charge in [0.05, 0.1) is 11.7 Å². The van der Waals surface area contributed by atoms with Gasteiger partial charge in [-0.05, 0) is 57.4 Å². The van der Waals surface area contributed by atoms with E-state index in [2.05, 4.69) is 31.1 Å². The summed E-state index contributed by atoms with van der Waals surface area (Å²) < 4.78 is 0. The topological polar surface area (TPSA) is 28.2 Å². The Hall–Kier alpha value is -0.610. The zero-order valence-electron chi connectivity index (χ0n) is 13.7. The van der Waals surface area contributed by atoms with Crippen molar-refractivity contribution in [3.05, 3.63) is 10.6 Å². The van der Waals surface area contributed by atoms with Crippen molar-refractivity contribution in [2.75, 3.05) is 25.0 Å². The molecule has 2 aliphatic rings. The largest absolute Gasteiger partial charge is 0.348 e. The maximum absolute atomic E-state index is 5.02. The highest BCUT2D eigenvalue weighted by molar-refractivity contribution is 7.15. The molecule has 1 aliphatic carbocycles. The van der Waals surface area contributed by atoms with Crippen LogP contribution in [0.3, 0.4) is 0 Å². The van der Waals surface area contributed by atoms with E-state index in [9.17, 15) is 0 Å². The number of thiazole rings is 1. The molecule has 0 bridgehead atoms. The minimum absolute atomic E-state index is 0.481. The Balaban J connectivity index is 1.74. The molecular formula is C17H29N3S. The number of anilines is 1. The lowest BCUT2D eigenvalue weighted by Gasteiger charge is -2.21. The summed E-state index contributed by atoms with van der Waals surface area (Å²) in [4.78, 5) is 9.10. The molecule has 0 aromatic carbocycles. The predicted molar refractivity (Wildman–Crippen MR) is 91.2 cm³/mol. The molecule has 3 nitrogen and oxygen atoms in total. The fourth-order valence-corrected chi connectivity index (χ4v) is 5.02. The molecule has 1 fully saturated rings. The summed E-state index contributed by atoms with van der Waals surface area (Å²) in [6, 6.07) is 0.481. The van der Waals surface area contributed by atoms with E-state index in [0.717, 1.165) is 11.8 Å². The third kappa shape index (κ3) is 3.26. The quantitative estimate of drug-likeness (QED) is 0.915. The van der Waals surface area contributed by atoms with Crippen LogP contribution in [0, 0.1) is 11.8 Å². The maximum Gasteiger partial charge on any atom is 0.185 e. The Morgan fingerprint density at radius 1 is 1.19 bits per heavy atom. The van der Waals surface area contributed by atoms with Crippen LogP contribution in [0.4, 0.5) is 5.13 Å². The third-order valence-electron chi connectivity index (χ3n) is 5.28. The van der Waals surface area contributed by atoms with Gasteiger partial charge >= 0.3 is 0 Å². The van der Waals surface area contributed by atoms with Crippen molar-refractivity contribution in [3.8, 4) is 0 Å². The fourth-order valence-electron chi connectivity index (χ4n) is 3.80. The summed E-state index contributed by atoms with van der Waals surface area (Å²) in [5.41, 5.74) is 1.34. The minimum atomic E-state index is 0.481. The van der Waals surface area contributed by atoms with Crippen molar-refractivity contribution in [2.45, 2.75) is 58.4 Å². The normalized spacial score (nSPS) is 26.8. The van der Waals surface area contributed by atoms with Gasteiger partial charge in [-0.3, -0.25) is 0 Å². The Morgan fingerprint density at radius 3 is 2.81 bits per heavy atom. The number of aromatic nitrogens is 1. The van der Waals surface area contributed by atoms with Crippen molar-refractivity contribution in [3.63, 3.8) is 0 Å². The van der Waals surface area contributed by atoms with Crippen molar-refractivity contribution in [1.82, 2.24) is 10.3 Å². The van der Waals surface area contributed by atoms with Crippen LogP contribution in [0.1, 0.15) is 62.6 Å². The number of hydrogen-bond acceptors (Lipinski definition) is 4. The highest BCUT2D eigenvalue weighted by atomic mass is 32.1. The van der Waals surface area contributed by atoms with Crippen LogP contribution in [0.5, 0.6) is 0 Å². The van der Waals surface area contributed by atoms with Gasteiger partial charge in [0.15, 0.2) is 5.13 Å². The number of aryl methyl sites for hydroxylation is 1. The smallest absolute Gasteiger partial charge is 0.185 e. The molecule has 4 heteroatoms. The van der Waals surface area contributed by atoms with Gasteiger partial charge in [0.25, 0.3) is 0 Å². The van der Waals surface area contributed by atoms with E-state index in [1.165, 1.54) is 67.3 Å². The first kappa shape index (κ1) is 15.3. The number of nitrogens with zero attached hydrogens (tertiary/aromatic N) is 2. The van der Waals surface area contributed by atoms with Gasteiger partial charge in [-0.15, -0.1) is 11.3 Å². The van der Waals surface area contributed by atoms with Gasteiger partial charge in [0, 0.05) is 18.0 Å².